The van der Waals surface area contributed by atoms with Crippen molar-refractivity contribution in [1.29, 1.82) is 0 Å². The minimum Gasteiger partial charge on any atom is -0.365 e. The van der Waals surface area contributed by atoms with Crippen molar-refractivity contribution in [3.8, 4) is 0 Å². The lowest BCUT2D eigenvalue weighted by Gasteiger charge is -2.12. The molecule has 0 amide bonds. The van der Waals surface area contributed by atoms with Gasteiger partial charge in [0, 0.05) is 24.2 Å². The predicted octanol–water partition coefficient (Wildman–Crippen LogP) is 2.34. The molecular weight excluding hydrogens is 230 g/mol. The van der Waals surface area contributed by atoms with Crippen LogP contribution >= 0.6 is 11.8 Å². The van der Waals surface area contributed by atoms with Gasteiger partial charge < -0.3 is 5.32 Å². The maximum absolute atomic E-state index is 4.53. The molecule has 0 bridgehead atoms. The number of aromatic nitrogens is 1. The fourth-order valence-electron chi connectivity index (χ4n) is 1.70. The monoisotopic (exact) mass is 249 g/mol. The number of amidine groups is 1. The standard InChI is InChI=1S/C13H19N3S/c1-10(2)12-9-16-13(17-12)15-8-5-11-3-6-14-7-4-11/h3-4,6-7,10,12H,5,8-9H2,1-2H3,(H,15,16). The number of hydrogen-bond donors (Lipinski definition) is 1. The number of hydrogen-bond acceptors (Lipinski definition) is 4. The molecule has 0 fully saturated rings. The van der Waals surface area contributed by atoms with E-state index < -0.39 is 0 Å². The Labute approximate surface area is 107 Å². The van der Waals surface area contributed by atoms with Crippen LogP contribution in [0.4, 0.5) is 0 Å². The maximum Gasteiger partial charge on any atom is 0.156 e. The maximum atomic E-state index is 4.53. The zero-order chi connectivity index (χ0) is 12.1. The lowest BCUT2D eigenvalue weighted by atomic mass is 10.1. The molecular formula is C13H19N3S. The van der Waals surface area contributed by atoms with Gasteiger partial charge in [0.05, 0.1) is 6.54 Å². The third kappa shape index (κ3) is 3.73. The summed E-state index contributed by atoms with van der Waals surface area (Å²) < 4.78 is 0. The first-order valence-electron chi connectivity index (χ1n) is 6.09. The molecule has 1 aromatic rings. The Kier molecular flexibility index (Phi) is 4.42. The van der Waals surface area contributed by atoms with Crippen molar-refractivity contribution in [3.63, 3.8) is 0 Å². The van der Waals surface area contributed by atoms with Gasteiger partial charge in [0.1, 0.15) is 0 Å². The molecule has 1 N–H and O–H groups in total. The van der Waals surface area contributed by atoms with Crippen LogP contribution in [0.15, 0.2) is 29.5 Å². The Morgan fingerprint density at radius 3 is 2.82 bits per heavy atom. The van der Waals surface area contributed by atoms with Crippen LogP contribution < -0.4 is 5.32 Å². The molecule has 1 atom stereocenters. The third-order valence-corrected chi connectivity index (χ3v) is 4.35. The largest absolute Gasteiger partial charge is 0.365 e. The number of pyridine rings is 1. The molecule has 1 aliphatic heterocycles. The van der Waals surface area contributed by atoms with Crippen molar-refractivity contribution in [2.45, 2.75) is 25.5 Å². The highest BCUT2D eigenvalue weighted by Crippen LogP contribution is 2.25. The zero-order valence-corrected chi connectivity index (χ0v) is 11.2. The fourth-order valence-corrected chi connectivity index (χ4v) is 2.74. The minimum absolute atomic E-state index is 0.651. The predicted molar refractivity (Wildman–Crippen MR) is 74.5 cm³/mol. The first kappa shape index (κ1) is 12.4. The summed E-state index contributed by atoms with van der Waals surface area (Å²) in [6.45, 7) is 6.42. The molecule has 17 heavy (non-hydrogen) atoms. The molecule has 0 aromatic carbocycles. The molecule has 1 aromatic heterocycles. The quantitative estimate of drug-likeness (QED) is 0.890. The first-order chi connectivity index (χ1) is 8.25. The highest BCUT2D eigenvalue weighted by atomic mass is 32.2. The number of nitrogens with one attached hydrogen (secondary N) is 1. The fraction of sp³-hybridized carbons (Fsp3) is 0.538. The van der Waals surface area contributed by atoms with Gasteiger partial charge in [-0.2, -0.15) is 0 Å². The summed E-state index contributed by atoms with van der Waals surface area (Å²) in [5, 5.41) is 5.17. The zero-order valence-electron chi connectivity index (χ0n) is 10.4. The Morgan fingerprint density at radius 1 is 1.41 bits per heavy atom. The van der Waals surface area contributed by atoms with Crippen LogP contribution in [0.5, 0.6) is 0 Å². The van der Waals surface area contributed by atoms with Crippen LogP contribution in [-0.4, -0.2) is 28.5 Å². The highest BCUT2D eigenvalue weighted by molar-refractivity contribution is 8.14. The van der Waals surface area contributed by atoms with Crippen LogP contribution in [0, 0.1) is 5.92 Å². The Bertz CT molecular complexity index is 376. The number of rotatable bonds is 4. The molecule has 2 rings (SSSR count). The number of nitrogens with zero attached hydrogens (tertiary/aromatic N) is 2. The van der Waals surface area contributed by atoms with E-state index in [2.05, 4.69) is 41.3 Å². The molecule has 0 aliphatic carbocycles. The second-order valence-electron chi connectivity index (χ2n) is 4.58. The van der Waals surface area contributed by atoms with Crippen molar-refractivity contribution in [3.05, 3.63) is 30.1 Å². The van der Waals surface area contributed by atoms with Gasteiger partial charge in [0.15, 0.2) is 5.17 Å². The van der Waals surface area contributed by atoms with E-state index in [-0.39, 0.29) is 0 Å². The van der Waals surface area contributed by atoms with Gasteiger partial charge in [0.25, 0.3) is 0 Å². The van der Waals surface area contributed by atoms with E-state index >= 15 is 0 Å². The van der Waals surface area contributed by atoms with Gasteiger partial charge in [-0.05, 0) is 30.0 Å². The van der Waals surface area contributed by atoms with E-state index in [1.807, 2.05) is 24.2 Å². The molecule has 2 heterocycles. The number of thioether (sulfide) groups is 1. The summed E-state index contributed by atoms with van der Waals surface area (Å²) in [6.07, 6.45) is 4.70. The van der Waals surface area contributed by atoms with Crippen LogP contribution in [0.1, 0.15) is 19.4 Å². The average Bonchev–Trinajstić information content (AvgIpc) is 2.79. The molecule has 0 saturated carbocycles. The van der Waals surface area contributed by atoms with E-state index in [4.69, 9.17) is 0 Å². The van der Waals surface area contributed by atoms with Crippen LogP contribution in [0.3, 0.4) is 0 Å². The summed E-state index contributed by atoms with van der Waals surface area (Å²) in [4.78, 5) is 8.54. The molecule has 3 nitrogen and oxygen atoms in total. The van der Waals surface area contributed by atoms with E-state index in [1.165, 1.54) is 5.56 Å². The third-order valence-electron chi connectivity index (χ3n) is 2.86. The Morgan fingerprint density at radius 2 is 2.18 bits per heavy atom. The van der Waals surface area contributed by atoms with Crippen molar-refractivity contribution < 1.29 is 0 Å². The van der Waals surface area contributed by atoms with Gasteiger partial charge in [-0.15, -0.1) is 0 Å². The van der Waals surface area contributed by atoms with Gasteiger partial charge in [-0.1, -0.05) is 25.6 Å². The minimum atomic E-state index is 0.651. The molecule has 0 spiro atoms. The molecule has 4 heteroatoms. The summed E-state index contributed by atoms with van der Waals surface area (Å²) in [6, 6.07) is 4.12. The van der Waals surface area contributed by atoms with Gasteiger partial charge in [0.2, 0.25) is 0 Å². The van der Waals surface area contributed by atoms with Crippen LogP contribution in [0.25, 0.3) is 0 Å². The van der Waals surface area contributed by atoms with Crippen molar-refractivity contribution >= 4 is 16.9 Å². The summed E-state index contributed by atoms with van der Waals surface area (Å²) in [7, 11) is 0. The van der Waals surface area contributed by atoms with Gasteiger partial charge in [-0.25, -0.2) is 0 Å². The summed E-state index contributed by atoms with van der Waals surface area (Å²) in [5.74, 6) is 0.697. The first-order valence-corrected chi connectivity index (χ1v) is 6.97. The Hall–Kier alpha value is -1.03. The second kappa shape index (κ2) is 6.05. The van der Waals surface area contributed by atoms with Gasteiger partial charge in [-0.3, -0.25) is 9.98 Å². The molecule has 0 saturated heterocycles. The van der Waals surface area contributed by atoms with E-state index in [9.17, 15) is 0 Å². The average molecular weight is 249 g/mol. The molecule has 92 valence electrons. The van der Waals surface area contributed by atoms with E-state index in [1.54, 1.807) is 0 Å². The number of aliphatic imine (C=N–C) groups is 1. The summed E-state index contributed by atoms with van der Waals surface area (Å²) in [5.41, 5.74) is 1.32. The normalized spacial score (nSPS) is 19.5. The van der Waals surface area contributed by atoms with E-state index in [0.717, 1.165) is 24.7 Å². The molecule has 1 aliphatic rings. The highest BCUT2D eigenvalue weighted by Gasteiger charge is 2.21. The SMILES string of the molecule is CC(C)C1CN=C(NCCc2ccncc2)S1. The van der Waals surface area contributed by atoms with Crippen LogP contribution in [0.2, 0.25) is 0 Å². The summed E-state index contributed by atoms with van der Waals surface area (Å²) >= 11 is 1.88. The molecule has 0 radical (unpaired) electrons. The van der Waals surface area contributed by atoms with Crippen LogP contribution in [-0.2, 0) is 6.42 Å². The van der Waals surface area contributed by atoms with E-state index in [0.29, 0.717) is 11.2 Å². The lowest BCUT2D eigenvalue weighted by molar-refractivity contribution is 0.621. The lowest BCUT2D eigenvalue weighted by Crippen LogP contribution is -2.22. The van der Waals surface area contributed by atoms with Crippen molar-refractivity contribution in [1.82, 2.24) is 10.3 Å². The second-order valence-corrected chi connectivity index (χ2v) is 5.81. The smallest absolute Gasteiger partial charge is 0.156 e. The Balaban J connectivity index is 1.70. The van der Waals surface area contributed by atoms with Crippen molar-refractivity contribution in [2.75, 3.05) is 13.1 Å². The van der Waals surface area contributed by atoms with Crippen molar-refractivity contribution in [2.24, 2.45) is 10.9 Å². The topological polar surface area (TPSA) is 37.3 Å². The molecule has 1 unspecified atom stereocenters. The van der Waals surface area contributed by atoms with Gasteiger partial charge >= 0.3 is 0 Å².